The lowest BCUT2D eigenvalue weighted by molar-refractivity contribution is -0.309. The van der Waals surface area contributed by atoms with Crippen LogP contribution in [-0.4, -0.2) is 18.5 Å². The van der Waals surface area contributed by atoms with E-state index in [0.29, 0.717) is 0 Å². The summed E-state index contributed by atoms with van der Waals surface area (Å²) in [6.07, 6.45) is -14.7. The van der Waals surface area contributed by atoms with E-state index >= 15 is 0 Å². The van der Waals surface area contributed by atoms with Crippen molar-refractivity contribution in [1.29, 1.82) is 0 Å². The summed E-state index contributed by atoms with van der Waals surface area (Å²) in [7, 11) is 0. The molecule has 1 nitrogen and oxygen atoms in total. The predicted octanol–water partition coefficient (Wildman–Crippen LogP) is 2.79. The zero-order valence-corrected chi connectivity index (χ0v) is 6.04. The van der Waals surface area contributed by atoms with Crippen molar-refractivity contribution in [1.82, 2.24) is 0 Å². The third-order valence-corrected chi connectivity index (χ3v) is 0.882. The molecule has 0 aromatic rings. The van der Waals surface area contributed by atoms with Crippen LogP contribution in [0.25, 0.3) is 0 Å². The van der Waals surface area contributed by atoms with Gasteiger partial charge in [0.25, 0.3) is 6.10 Å². The molecule has 0 fully saturated rings. The van der Waals surface area contributed by atoms with E-state index in [1.54, 1.807) is 5.73 Å². The monoisotopic (exact) mass is 206 g/mol. The first-order valence-corrected chi connectivity index (χ1v) is 2.82. The van der Waals surface area contributed by atoms with Crippen molar-refractivity contribution in [3.05, 3.63) is 18.6 Å². The Labute approximate surface area is 69.3 Å². The molecule has 0 aromatic heterocycles. The summed E-state index contributed by atoms with van der Waals surface area (Å²) in [5.74, 6) is 0. The summed E-state index contributed by atoms with van der Waals surface area (Å²) in [4.78, 5) is 0. The Balaban J connectivity index is 4.66. The van der Waals surface area contributed by atoms with Gasteiger partial charge in [-0.3, -0.25) is 0 Å². The molecule has 0 N–H and O–H groups in total. The minimum Gasteiger partial charge on any atom is -0.471 e. The van der Waals surface area contributed by atoms with E-state index in [1.807, 2.05) is 0 Å². The third kappa shape index (κ3) is 3.89. The molecule has 0 atom stereocenters. The zero-order valence-electron chi connectivity index (χ0n) is 6.04. The van der Waals surface area contributed by atoms with E-state index < -0.39 is 18.5 Å². The van der Waals surface area contributed by atoms with Gasteiger partial charge in [0.2, 0.25) is 0 Å². The molecule has 0 heterocycles. The Morgan fingerprint density at radius 1 is 1.08 bits per heavy atom. The maximum atomic E-state index is 11.6. The van der Waals surface area contributed by atoms with Gasteiger partial charge in [-0.15, -0.1) is 0 Å². The summed E-state index contributed by atoms with van der Waals surface area (Å²) in [5, 5.41) is 0. The quantitative estimate of drug-likeness (QED) is 0.383. The number of ether oxygens (including phenoxy) is 1. The van der Waals surface area contributed by atoms with E-state index in [0.717, 1.165) is 0 Å². The molecule has 13 heavy (non-hydrogen) atoms. The molecule has 0 aliphatic rings. The first-order chi connectivity index (χ1) is 5.69. The van der Waals surface area contributed by atoms with E-state index in [2.05, 4.69) is 11.3 Å². The molecule has 0 spiro atoms. The molecular formula is C6H4F6O. The highest BCUT2D eigenvalue weighted by Crippen LogP contribution is 2.35. The molecule has 0 aliphatic carbocycles. The van der Waals surface area contributed by atoms with Gasteiger partial charge in [-0.05, 0) is 0 Å². The van der Waals surface area contributed by atoms with Crippen LogP contribution in [0, 0.1) is 0 Å². The predicted molar refractivity (Wildman–Crippen MR) is 30.7 cm³/mol. The van der Waals surface area contributed by atoms with Gasteiger partial charge in [0, 0.05) is 0 Å². The largest absolute Gasteiger partial charge is 0.471 e. The molecule has 7 heteroatoms. The van der Waals surface area contributed by atoms with Gasteiger partial charge in [-0.1, -0.05) is 12.3 Å². The summed E-state index contributed by atoms with van der Waals surface area (Å²) >= 11 is 0. The number of alkyl halides is 6. The minimum atomic E-state index is -5.49. The molecule has 0 unspecified atom stereocenters. The average molecular weight is 206 g/mol. The molecule has 0 saturated carbocycles. The van der Waals surface area contributed by atoms with Crippen molar-refractivity contribution in [2.24, 2.45) is 0 Å². The maximum Gasteiger partial charge on any atom is 0.434 e. The Morgan fingerprint density at radius 3 is 1.69 bits per heavy atom. The maximum absolute atomic E-state index is 11.6. The second kappa shape index (κ2) is 3.74. The summed E-state index contributed by atoms with van der Waals surface area (Å²) in [6, 6.07) is 0. The van der Waals surface area contributed by atoms with Crippen LogP contribution in [0.3, 0.4) is 0 Å². The molecule has 0 saturated heterocycles. The SMILES string of the molecule is C=C=COC(C(F)(F)F)C(F)(F)F. The molecular weight excluding hydrogens is 202 g/mol. The van der Waals surface area contributed by atoms with Crippen molar-refractivity contribution >= 4 is 0 Å². The smallest absolute Gasteiger partial charge is 0.434 e. The molecule has 0 aliphatic heterocycles. The Kier molecular flexibility index (Phi) is 3.42. The number of halogens is 6. The Bertz CT molecular complexity index is 194. The second-order valence-electron chi connectivity index (χ2n) is 1.92. The van der Waals surface area contributed by atoms with Gasteiger partial charge in [0.1, 0.15) is 6.26 Å². The van der Waals surface area contributed by atoms with Gasteiger partial charge in [-0.2, -0.15) is 26.3 Å². The van der Waals surface area contributed by atoms with E-state index in [4.69, 9.17) is 0 Å². The fourth-order valence-corrected chi connectivity index (χ4v) is 0.456. The van der Waals surface area contributed by atoms with E-state index in [9.17, 15) is 26.3 Å². The van der Waals surface area contributed by atoms with Crippen LogP contribution in [-0.2, 0) is 4.74 Å². The van der Waals surface area contributed by atoms with Crippen molar-refractivity contribution in [2.45, 2.75) is 18.5 Å². The van der Waals surface area contributed by atoms with Crippen LogP contribution >= 0.6 is 0 Å². The third-order valence-electron chi connectivity index (χ3n) is 0.882. The van der Waals surface area contributed by atoms with Crippen LogP contribution < -0.4 is 0 Å². The normalized spacial score (nSPS) is 12.5. The van der Waals surface area contributed by atoms with Gasteiger partial charge in [-0.25, -0.2) is 0 Å². The van der Waals surface area contributed by atoms with Gasteiger partial charge >= 0.3 is 12.4 Å². The molecule has 0 amide bonds. The van der Waals surface area contributed by atoms with Crippen LogP contribution in [0.1, 0.15) is 0 Å². The fourth-order valence-electron chi connectivity index (χ4n) is 0.456. The van der Waals surface area contributed by atoms with Crippen LogP contribution in [0.4, 0.5) is 26.3 Å². The highest BCUT2D eigenvalue weighted by molar-refractivity contribution is 4.79. The average Bonchev–Trinajstić information content (AvgIpc) is 1.81. The zero-order chi connectivity index (χ0) is 10.7. The lowest BCUT2D eigenvalue weighted by Crippen LogP contribution is -2.43. The molecule has 76 valence electrons. The first kappa shape index (κ1) is 11.9. The van der Waals surface area contributed by atoms with Crippen LogP contribution in [0.15, 0.2) is 18.6 Å². The van der Waals surface area contributed by atoms with Crippen LogP contribution in [0.2, 0.25) is 0 Å². The minimum absolute atomic E-state index is 0.117. The van der Waals surface area contributed by atoms with Gasteiger partial charge < -0.3 is 4.74 Å². The first-order valence-electron chi connectivity index (χ1n) is 2.82. The van der Waals surface area contributed by atoms with Gasteiger partial charge in [0.05, 0.1) is 0 Å². The number of hydrogen-bond acceptors (Lipinski definition) is 1. The number of hydrogen-bond donors (Lipinski definition) is 0. The summed E-state index contributed by atoms with van der Waals surface area (Å²) < 4.78 is 73.1. The van der Waals surface area contributed by atoms with Crippen molar-refractivity contribution in [3.63, 3.8) is 0 Å². The highest BCUT2D eigenvalue weighted by atomic mass is 19.4. The molecule has 0 bridgehead atoms. The molecule has 0 rings (SSSR count). The lowest BCUT2D eigenvalue weighted by atomic mass is 10.3. The highest BCUT2D eigenvalue weighted by Gasteiger charge is 2.58. The van der Waals surface area contributed by atoms with Crippen molar-refractivity contribution < 1.29 is 31.1 Å². The summed E-state index contributed by atoms with van der Waals surface area (Å²) in [5.41, 5.74) is 1.65. The standard InChI is InChI=1S/C6H4F6O/c1-2-3-13-4(5(7,8)9)6(10,11)12/h3-4H,1H2. The van der Waals surface area contributed by atoms with Crippen molar-refractivity contribution in [2.75, 3.05) is 0 Å². The molecule has 0 radical (unpaired) electrons. The number of rotatable bonds is 2. The Hall–Kier alpha value is -1.10. The summed E-state index contributed by atoms with van der Waals surface area (Å²) in [6.45, 7) is 2.76. The van der Waals surface area contributed by atoms with Crippen LogP contribution in [0.5, 0.6) is 0 Å². The Morgan fingerprint density at radius 2 is 1.46 bits per heavy atom. The lowest BCUT2D eigenvalue weighted by Gasteiger charge is -2.21. The van der Waals surface area contributed by atoms with E-state index in [1.165, 1.54) is 0 Å². The second-order valence-corrected chi connectivity index (χ2v) is 1.92. The van der Waals surface area contributed by atoms with Gasteiger partial charge in [0.15, 0.2) is 0 Å². The molecule has 0 aromatic carbocycles. The fraction of sp³-hybridized carbons (Fsp3) is 0.500. The van der Waals surface area contributed by atoms with E-state index in [-0.39, 0.29) is 6.26 Å². The topological polar surface area (TPSA) is 9.23 Å². The van der Waals surface area contributed by atoms with Crippen molar-refractivity contribution in [3.8, 4) is 0 Å².